The van der Waals surface area contributed by atoms with Crippen molar-refractivity contribution in [1.29, 1.82) is 0 Å². The third-order valence-electron chi connectivity index (χ3n) is 3.13. The van der Waals surface area contributed by atoms with Crippen molar-refractivity contribution in [3.8, 4) is 0 Å². The number of hydrogen-bond donors (Lipinski definition) is 1. The predicted octanol–water partition coefficient (Wildman–Crippen LogP) is 2.73. The number of aromatic nitrogens is 1. The molecule has 0 amide bonds. The number of carboxylic acids is 1. The summed E-state index contributed by atoms with van der Waals surface area (Å²) in [4.78, 5) is 23.5. The number of carbonyl (C=O) groups is 1. The second-order valence-electron chi connectivity index (χ2n) is 4.71. The number of hydrogen-bond acceptors (Lipinski definition) is 2. The summed E-state index contributed by atoms with van der Waals surface area (Å²) in [6.45, 7) is 4.96. The molecule has 0 spiro atoms. The summed E-state index contributed by atoms with van der Waals surface area (Å²) in [5.74, 6) is -1.82. The third-order valence-corrected chi connectivity index (χ3v) is 3.13. The minimum absolute atomic E-state index is 0.0468. The van der Waals surface area contributed by atoms with E-state index in [1.54, 1.807) is 13.8 Å². The summed E-state index contributed by atoms with van der Waals surface area (Å²) in [6.07, 6.45) is 0. The number of para-hydroxylation sites is 1. The molecule has 100 valence electrons. The van der Waals surface area contributed by atoms with Gasteiger partial charge in [-0.05, 0) is 32.9 Å². The highest BCUT2D eigenvalue weighted by molar-refractivity contribution is 5.92. The Balaban J connectivity index is 3.16. The van der Waals surface area contributed by atoms with Gasteiger partial charge in [0.25, 0.3) is 0 Å². The molecule has 0 bridgehead atoms. The minimum Gasteiger partial charge on any atom is -0.477 e. The van der Waals surface area contributed by atoms with Gasteiger partial charge in [-0.1, -0.05) is 6.07 Å². The Kier molecular flexibility index (Phi) is 3.14. The van der Waals surface area contributed by atoms with Crippen LogP contribution in [0.3, 0.4) is 0 Å². The van der Waals surface area contributed by atoms with Gasteiger partial charge < -0.3 is 9.67 Å². The molecule has 0 fully saturated rings. The van der Waals surface area contributed by atoms with Crippen molar-refractivity contribution in [1.82, 2.24) is 4.57 Å². The van der Waals surface area contributed by atoms with Crippen LogP contribution in [0.15, 0.2) is 23.0 Å². The lowest BCUT2D eigenvalue weighted by molar-refractivity contribution is 0.0682. The molecule has 1 heterocycles. The lowest BCUT2D eigenvalue weighted by Crippen LogP contribution is -2.24. The second-order valence-corrected chi connectivity index (χ2v) is 4.71. The van der Waals surface area contributed by atoms with Crippen LogP contribution in [0.2, 0.25) is 0 Å². The zero-order valence-corrected chi connectivity index (χ0v) is 10.9. The maximum atomic E-state index is 14.0. The Morgan fingerprint density at radius 3 is 2.53 bits per heavy atom. The topological polar surface area (TPSA) is 59.3 Å². The first-order chi connectivity index (χ1) is 8.86. The van der Waals surface area contributed by atoms with Crippen molar-refractivity contribution in [3.63, 3.8) is 0 Å². The number of pyridine rings is 1. The number of rotatable bonds is 2. The molecule has 5 heteroatoms. The number of nitrogens with zero attached hydrogens (tertiary/aromatic N) is 1. The Morgan fingerprint density at radius 1 is 1.37 bits per heavy atom. The third kappa shape index (κ3) is 1.91. The molecule has 0 aliphatic carbocycles. The van der Waals surface area contributed by atoms with Crippen molar-refractivity contribution < 1.29 is 14.3 Å². The van der Waals surface area contributed by atoms with Crippen LogP contribution >= 0.6 is 0 Å². The highest BCUT2D eigenvalue weighted by Crippen LogP contribution is 2.23. The molecule has 4 nitrogen and oxygen atoms in total. The van der Waals surface area contributed by atoms with Gasteiger partial charge in [-0.3, -0.25) is 4.79 Å². The SMILES string of the molecule is Cc1c(C(=O)O)n(C(C)C)c2c(F)cccc2c1=O. The lowest BCUT2D eigenvalue weighted by atomic mass is 10.1. The molecule has 1 N–H and O–H groups in total. The minimum atomic E-state index is -1.23. The fourth-order valence-corrected chi connectivity index (χ4v) is 2.33. The Hall–Kier alpha value is -2.17. The van der Waals surface area contributed by atoms with E-state index in [-0.39, 0.29) is 28.2 Å². The smallest absolute Gasteiger partial charge is 0.352 e. The van der Waals surface area contributed by atoms with Crippen LogP contribution in [0.4, 0.5) is 4.39 Å². The summed E-state index contributed by atoms with van der Waals surface area (Å²) in [7, 11) is 0. The van der Waals surface area contributed by atoms with E-state index in [0.29, 0.717) is 0 Å². The number of halogens is 1. The molecule has 2 aromatic rings. The molecule has 0 unspecified atom stereocenters. The molecule has 1 aromatic heterocycles. The monoisotopic (exact) mass is 263 g/mol. The van der Waals surface area contributed by atoms with Gasteiger partial charge in [0.15, 0.2) is 5.43 Å². The lowest BCUT2D eigenvalue weighted by Gasteiger charge is -2.20. The van der Waals surface area contributed by atoms with Crippen molar-refractivity contribution in [2.24, 2.45) is 0 Å². The van der Waals surface area contributed by atoms with Gasteiger partial charge in [-0.25, -0.2) is 9.18 Å². The van der Waals surface area contributed by atoms with E-state index in [1.807, 2.05) is 0 Å². The van der Waals surface area contributed by atoms with E-state index in [2.05, 4.69) is 0 Å². The highest BCUT2D eigenvalue weighted by atomic mass is 19.1. The van der Waals surface area contributed by atoms with Crippen LogP contribution in [-0.2, 0) is 0 Å². The average molecular weight is 263 g/mol. The van der Waals surface area contributed by atoms with Gasteiger partial charge in [0.05, 0.1) is 5.52 Å². The van der Waals surface area contributed by atoms with Crippen molar-refractivity contribution in [3.05, 3.63) is 45.5 Å². The molecule has 2 rings (SSSR count). The van der Waals surface area contributed by atoms with Crippen LogP contribution in [0.1, 0.15) is 35.9 Å². The quantitative estimate of drug-likeness (QED) is 0.906. The second kappa shape index (κ2) is 4.50. The first-order valence-electron chi connectivity index (χ1n) is 5.92. The van der Waals surface area contributed by atoms with Gasteiger partial charge in [0.2, 0.25) is 0 Å². The molecular weight excluding hydrogens is 249 g/mol. The predicted molar refractivity (Wildman–Crippen MR) is 70.2 cm³/mol. The molecule has 0 aliphatic heterocycles. The standard InChI is InChI=1S/C14H14FNO3/c1-7(2)16-11(14(18)19)8(3)13(17)9-5-4-6-10(15)12(9)16/h4-7H,1-3H3,(H,18,19). The molecule has 0 saturated carbocycles. The molecule has 0 aliphatic rings. The number of carboxylic acid groups (broad SMARTS) is 1. The Morgan fingerprint density at radius 2 is 2.00 bits per heavy atom. The van der Waals surface area contributed by atoms with Crippen LogP contribution < -0.4 is 5.43 Å². The fraction of sp³-hybridized carbons (Fsp3) is 0.286. The normalized spacial score (nSPS) is 11.2. The van der Waals surface area contributed by atoms with Gasteiger partial charge in [-0.2, -0.15) is 0 Å². The maximum Gasteiger partial charge on any atom is 0.352 e. The highest BCUT2D eigenvalue weighted by Gasteiger charge is 2.22. The van der Waals surface area contributed by atoms with E-state index in [4.69, 9.17) is 0 Å². The van der Waals surface area contributed by atoms with Crippen LogP contribution in [-0.4, -0.2) is 15.6 Å². The van der Waals surface area contributed by atoms with Crippen LogP contribution in [0.25, 0.3) is 10.9 Å². The summed E-state index contributed by atoms with van der Waals surface area (Å²) >= 11 is 0. The summed E-state index contributed by atoms with van der Waals surface area (Å²) in [5.41, 5.74) is -0.425. The fourth-order valence-electron chi connectivity index (χ4n) is 2.33. The Bertz CT molecular complexity index is 732. The molecule has 0 radical (unpaired) electrons. The maximum absolute atomic E-state index is 14.0. The zero-order valence-electron chi connectivity index (χ0n) is 10.9. The molecule has 0 atom stereocenters. The molecule has 0 saturated heterocycles. The molecule has 1 aromatic carbocycles. The number of benzene rings is 1. The first kappa shape index (κ1) is 13.3. The van der Waals surface area contributed by atoms with E-state index >= 15 is 0 Å². The molecule has 19 heavy (non-hydrogen) atoms. The van der Waals surface area contributed by atoms with Gasteiger partial charge >= 0.3 is 5.97 Å². The number of aromatic carboxylic acids is 1. The van der Waals surface area contributed by atoms with Crippen LogP contribution in [0.5, 0.6) is 0 Å². The summed E-state index contributed by atoms with van der Waals surface area (Å²) in [5, 5.41) is 9.49. The molecular formula is C14H14FNO3. The van der Waals surface area contributed by atoms with Crippen molar-refractivity contribution >= 4 is 16.9 Å². The van der Waals surface area contributed by atoms with Gasteiger partial charge in [0, 0.05) is 17.0 Å². The van der Waals surface area contributed by atoms with E-state index in [1.165, 1.54) is 29.7 Å². The average Bonchev–Trinajstić information content (AvgIpc) is 2.33. The van der Waals surface area contributed by atoms with Gasteiger partial charge in [0.1, 0.15) is 11.5 Å². The largest absolute Gasteiger partial charge is 0.477 e. The number of fused-ring (bicyclic) bond motifs is 1. The zero-order chi connectivity index (χ0) is 14.3. The van der Waals surface area contributed by atoms with Crippen molar-refractivity contribution in [2.75, 3.05) is 0 Å². The summed E-state index contributed by atoms with van der Waals surface area (Å²) in [6, 6.07) is 3.91. The summed E-state index contributed by atoms with van der Waals surface area (Å²) < 4.78 is 15.4. The van der Waals surface area contributed by atoms with E-state index < -0.39 is 17.2 Å². The van der Waals surface area contributed by atoms with E-state index in [0.717, 1.165) is 0 Å². The van der Waals surface area contributed by atoms with Crippen LogP contribution in [0, 0.1) is 12.7 Å². The first-order valence-corrected chi connectivity index (χ1v) is 5.92. The van der Waals surface area contributed by atoms with E-state index in [9.17, 15) is 19.1 Å². The Labute approximate surface area is 109 Å². The van der Waals surface area contributed by atoms with Crippen molar-refractivity contribution in [2.45, 2.75) is 26.8 Å². The van der Waals surface area contributed by atoms with Gasteiger partial charge in [-0.15, -0.1) is 0 Å².